The third-order valence-electron chi connectivity index (χ3n) is 11.2. The second-order valence-electron chi connectivity index (χ2n) is 15.4. The fourth-order valence-corrected chi connectivity index (χ4v) is 8.09. The van der Waals surface area contributed by atoms with E-state index in [-0.39, 0.29) is 11.6 Å². The number of hydrogen-bond donors (Lipinski definition) is 0. The van der Waals surface area contributed by atoms with Crippen LogP contribution >= 0.6 is 0 Å². The molecule has 0 fully saturated rings. The largest absolute Gasteiger partial charge is 0.289 e. The Kier molecular flexibility index (Phi) is 10.8. The monoisotopic (exact) mass is 838 g/mol. The molecule has 0 aliphatic heterocycles. The van der Waals surface area contributed by atoms with Crippen LogP contribution in [-0.4, -0.2) is 41.5 Å². The normalized spacial score (nSPS) is 12.2. The molecule has 308 valence electrons. The smallest absolute Gasteiger partial charge is 0.195 e. The lowest BCUT2D eigenvalue weighted by atomic mass is 9.77. The van der Waals surface area contributed by atoms with Crippen LogP contribution in [0, 0.1) is 0 Å². The summed E-state index contributed by atoms with van der Waals surface area (Å²) in [5, 5.41) is 0. The van der Waals surface area contributed by atoms with Crippen LogP contribution in [0.15, 0.2) is 207 Å². The van der Waals surface area contributed by atoms with Crippen LogP contribution in [0.5, 0.6) is 0 Å². The zero-order valence-electron chi connectivity index (χ0n) is 35.3. The first-order chi connectivity index (χ1) is 31.9. The maximum atomic E-state index is 15.2. The zero-order chi connectivity index (χ0) is 44.3. The molecule has 0 N–H and O–H groups in total. The summed E-state index contributed by atoms with van der Waals surface area (Å²) >= 11 is 0. The standard InChI is InChI=1S/C57H38N6O2/c1-3-19-41(34-36(2)52-58-53(37-20-8-4-9-21-37)60-54(59-52)38-22-10-5-11-23-38)44-30-17-32-46-48(44)51(65)49-45(31-18-33-47(49)50(46)64)42-28-16-29-43(35-42)57-62-55(39-24-12-6-13-25-39)61-56(63-57)40-26-14-7-15-27-40/h3-35H,2H2,1H3/b19-3-,41-34+. The third kappa shape index (κ3) is 7.92. The van der Waals surface area contributed by atoms with E-state index in [0.717, 1.165) is 33.4 Å². The molecule has 0 bridgehead atoms. The van der Waals surface area contributed by atoms with Gasteiger partial charge in [-0.3, -0.25) is 9.59 Å². The first kappa shape index (κ1) is 40.2. The summed E-state index contributed by atoms with van der Waals surface area (Å²) in [5.41, 5.74) is 8.55. The SMILES string of the molecule is C=C(/C=C(\C=C/C)c1cccc2c1C(=O)c1c(cccc1-c1cccc(-c3nc(-c4ccccc4)nc(-c4ccccc4)n3)c1)C2=O)c1nc(-c2ccccc2)nc(-c2ccccc2)n1. The van der Waals surface area contributed by atoms with Crippen LogP contribution in [0.4, 0.5) is 0 Å². The summed E-state index contributed by atoms with van der Waals surface area (Å²) in [6.07, 6.45) is 5.66. The number of fused-ring (bicyclic) bond motifs is 2. The first-order valence-corrected chi connectivity index (χ1v) is 21.2. The summed E-state index contributed by atoms with van der Waals surface area (Å²) < 4.78 is 0. The number of ketones is 2. The lowest BCUT2D eigenvalue weighted by Gasteiger charge is -2.23. The Balaban J connectivity index is 1.06. The van der Waals surface area contributed by atoms with Gasteiger partial charge in [0.1, 0.15) is 0 Å². The Morgan fingerprint density at radius 1 is 0.415 bits per heavy atom. The summed E-state index contributed by atoms with van der Waals surface area (Å²) in [5.74, 6) is 2.45. The van der Waals surface area contributed by atoms with Gasteiger partial charge in [0.05, 0.1) is 0 Å². The highest BCUT2D eigenvalue weighted by Crippen LogP contribution is 2.39. The van der Waals surface area contributed by atoms with Crippen molar-refractivity contribution in [3.8, 4) is 68.1 Å². The van der Waals surface area contributed by atoms with Gasteiger partial charge in [0.2, 0.25) is 0 Å². The Bertz CT molecular complexity index is 3250. The van der Waals surface area contributed by atoms with Gasteiger partial charge in [0, 0.05) is 55.6 Å². The molecule has 7 aromatic carbocycles. The van der Waals surface area contributed by atoms with E-state index in [1.54, 1.807) is 12.1 Å². The van der Waals surface area contributed by atoms with Crippen LogP contribution in [0.1, 0.15) is 50.2 Å². The highest BCUT2D eigenvalue weighted by Gasteiger charge is 2.34. The molecule has 0 atom stereocenters. The second kappa shape index (κ2) is 17.5. The molecule has 0 radical (unpaired) electrons. The molecule has 0 saturated carbocycles. The van der Waals surface area contributed by atoms with Crippen LogP contribution in [-0.2, 0) is 0 Å². The number of carbonyl (C=O) groups excluding carboxylic acids is 2. The van der Waals surface area contributed by atoms with E-state index in [4.69, 9.17) is 29.9 Å². The van der Waals surface area contributed by atoms with Gasteiger partial charge in [-0.1, -0.05) is 195 Å². The Morgan fingerprint density at radius 3 is 1.32 bits per heavy atom. The fourth-order valence-electron chi connectivity index (χ4n) is 8.09. The molecule has 8 nitrogen and oxygen atoms in total. The molecule has 10 rings (SSSR count). The summed E-state index contributed by atoms with van der Waals surface area (Å²) in [6.45, 7) is 6.33. The van der Waals surface area contributed by atoms with Gasteiger partial charge in [0.15, 0.2) is 46.5 Å². The molecule has 0 spiro atoms. The van der Waals surface area contributed by atoms with Crippen molar-refractivity contribution >= 4 is 22.7 Å². The van der Waals surface area contributed by atoms with Crippen molar-refractivity contribution in [3.63, 3.8) is 0 Å². The Morgan fingerprint density at radius 2 is 0.815 bits per heavy atom. The van der Waals surface area contributed by atoms with Gasteiger partial charge in [0.25, 0.3) is 0 Å². The van der Waals surface area contributed by atoms with Gasteiger partial charge in [-0.05, 0) is 41.3 Å². The minimum absolute atomic E-state index is 0.233. The van der Waals surface area contributed by atoms with E-state index in [9.17, 15) is 4.79 Å². The zero-order valence-corrected chi connectivity index (χ0v) is 35.3. The van der Waals surface area contributed by atoms with Crippen molar-refractivity contribution < 1.29 is 9.59 Å². The van der Waals surface area contributed by atoms with Crippen molar-refractivity contribution in [1.82, 2.24) is 29.9 Å². The molecule has 0 amide bonds. The van der Waals surface area contributed by atoms with Gasteiger partial charge in [-0.15, -0.1) is 0 Å². The van der Waals surface area contributed by atoms with Crippen LogP contribution in [0.2, 0.25) is 0 Å². The molecule has 8 heteroatoms. The number of nitrogens with zero attached hydrogens (tertiary/aromatic N) is 6. The maximum Gasteiger partial charge on any atom is 0.195 e. The highest BCUT2D eigenvalue weighted by atomic mass is 16.1. The lowest BCUT2D eigenvalue weighted by Crippen LogP contribution is -2.23. The summed E-state index contributed by atoms with van der Waals surface area (Å²) in [7, 11) is 0. The molecule has 65 heavy (non-hydrogen) atoms. The molecular formula is C57H38N6O2. The first-order valence-electron chi connectivity index (χ1n) is 21.2. The number of aromatic nitrogens is 6. The number of benzene rings is 7. The molecule has 2 aromatic heterocycles. The summed E-state index contributed by atoms with van der Waals surface area (Å²) in [4.78, 5) is 59.0. The minimum atomic E-state index is -0.261. The molecule has 1 aliphatic carbocycles. The molecule has 2 heterocycles. The van der Waals surface area contributed by atoms with E-state index in [2.05, 4.69) is 6.58 Å². The van der Waals surface area contributed by atoms with Crippen LogP contribution < -0.4 is 0 Å². The van der Waals surface area contributed by atoms with Crippen molar-refractivity contribution in [2.45, 2.75) is 6.92 Å². The quantitative estimate of drug-likeness (QED) is 0.125. The lowest BCUT2D eigenvalue weighted by molar-refractivity contribution is 0.0979. The van der Waals surface area contributed by atoms with Gasteiger partial charge in [-0.25, -0.2) is 29.9 Å². The van der Waals surface area contributed by atoms with E-state index >= 15 is 4.79 Å². The molecule has 0 unspecified atom stereocenters. The predicted molar refractivity (Wildman–Crippen MR) is 257 cm³/mol. The van der Waals surface area contributed by atoms with E-state index in [1.807, 2.05) is 195 Å². The van der Waals surface area contributed by atoms with Gasteiger partial charge in [-0.2, -0.15) is 0 Å². The van der Waals surface area contributed by atoms with Crippen LogP contribution in [0.25, 0.3) is 79.2 Å². The number of allylic oxidation sites excluding steroid dienone is 5. The number of hydrogen-bond acceptors (Lipinski definition) is 8. The van der Waals surface area contributed by atoms with Gasteiger partial charge < -0.3 is 0 Å². The second-order valence-corrected chi connectivity index (χ2v) is 15.4. The van der Waals surface area contributed by atoms with E-state index in [1.165, 1.54) is 0 Å². The number of rotatable bonds is 10. The Labute approximate surface area is 376 Å². The van der Waals surface area contributed by atoms with Crippen molar-refractivity contribution in [2.24, 2.45) is 0 Å². The number of carbonyl (C=O) groups is 2. The van der Waals surface area contributed by atoms with E-state index in [0.29, 0.717) is 79.5 Å². The van der Waals surface area contributed by atoms with Crippen LogP contribution in [0.3, 0.4) is 0 Å². The fraction of sp³-hybridized carbons (Fsp3) is 0.0175. The average molecular weight is 839 g/mol. The average Bonchev–Trinajstić information content (AvgIpc) is 3.38. The van der Waals surface area contributed by atoms with Crippen molar-refractivity contribution in [2.75, 3.05) is 0 Å². The topological polar surface area (TPSA) is 111 Å². The molecule has 1 aliphatic rings. The Hall–Kier alpha value is -8.88. The summed E-state index contributed by atoms with van der Waals surface area (Å²) in [6, 6.07) is 57.6. The van der Waals surface area contributed by atoms with Gasteiger partial charge >= 0.3 is 0 Å². The third-order valence-corrected chi connectivity index (χ3v) is 11.2. The van der Waals surface area contributed by atoms with E-state index < -0.39 is 0 Å². The maximum absolute atomic E-state index is 15.2. The van der Waals surface area contributed by atoms with Crippen molar-refractivity contribution in [3.05, 3.63) is 240 Å². The van der Waals surface area contributed by atoms with Crippen molar-refractivity contribution in [1.29, 1.82) is 0 Å². The predicted octanol–water partition coefficient (Wildman–Crippen LogP) is 12.5. The highest BCUT2D eigenvalue weighted by molar-refractivity contribution is 6.31. The molecule has 9 aromatic rings. The minimum Gasteiger partial charge on any atom is -0.289 e. The molecular weight excluding hydrogens is 801 g/mol. The molecule has 0 saturated heterocycles.